The normalized spacial score (nSPS) is 17.4. The molecule has 0 amide bonds. The van der Waals surface area contributed by atoms with Gasteiger partial charge in [-0.1, -0.05) is 175 Å². The summed E-state index contributed by atoms with van der Waals surface area (Å²) in [6.45, 7) is 0. The van der Waals surface area contributed by atoms with Crippen molar-refractivity contribution in [1.29, 1.82) is 0 Å². The van der Waals surface area contributed by atoms with Gasteiger partial charge in [-0.3, -0.25) is 0 Å². The summed E-state index contributed by atoms with van der Waals surface area (Å²) in [5.41, 5.74) is 0.159. The van der Waals surface area contributed by atoms with Crippen molar-refractivity contribution in [2.24, 2.45) is 0 Å². The molecule has 3 aromatic heterocycles. The number of aromatic nitrogens is 2. The molecule has 0 saturated heterocycles. The fourth-order valence-corrected chi connectivity index (χ4v) is 13.5. The Balaban J connectivity index is 1.34. The van der Waals surface area contributed by atoms with Gasteiger partial charge in [0, 0.05) is 42.7 Å². The summed E-state index contributed by atoms with van der Waals surface area (Å²) in [7, 11) is -5.40. The van der Waals surface area contributed by atoms with Crippen LogP contribution in [0.4, 0.5) is 0 Å². The first-order chi connectivity index (χ1) is 37.9. The standard InChI is InChI=1S/C54H36N2SSi/c1-4-20-38(21-5-1)58(39-22-6-2-7-23-39,40-24-8-3-9-25-40)41-26-18-19-37(35-41)55-47-31-14-12-29-44(47)46-36-50(54-52(53(46)55)45-30-13-17-34-51(45)57-54)56-48-32-15-10-27-42(48)43-28-11-16-33-49(43)56/h1-36H/i1D,2D,4D,5D,6D,7D,10D,11D,15D,16D,18D,19D,20D,21D,22D,23D,26D,27D,28D,32D,33D,35D. The van der Waals surface area contributed by atoms with Gasteiger partial charge in [-0.05, 0) is 63.1 Å². The fourth-order valence-electron chi connectivity index (χ4n) is 8.39. The second-order valence-corrected chi connectivity index (χ2v) is 18.2. The molecule has 0 bridgehead atoms. The van der Waals surface area contributed by atoms with Crippen LogP contribution < -0.4 is 20.7 Å². The predicted molar refractivity (Wildman–Crippen MR) is 252 cm³/mol. The monoisotopic (exact) mass is 794 g/mol. The number of rotatable bonds is 6. The molecule has 0 unspecified atom stereocenters. The minimum absolute atomic E-state index is 0.0161. The van der Waals surface area contributed by atoms with E-state index in [-0.39, 0.29) is 43.9 Å². The van der Waals surface area contributed by atoms with Gasteiger partial charge in [-0.15, -0.1) is 11.3 Å². The molecule has 12 aromatic rings. The molecule has 0 atom stereocenters. The molecule has 4 heteroatoms. The zero-order valence-corrected chi connectivity index (χ0v) is 31.7. The molecule has 0 radical (unpaired) electrons. The summed E-state index contributed by atoms with van der Waals surface area (Å²) >= 11 is 1.24. The maximum atomic E-state index is 10.7. The van der Waals surface area contributed by atoms with Crippen LogP contribution in [0.15, 0.2) is 218 Å². The highest BCUT2D eigenvalue weighted by atomic mass is 32.1. The summed E-state index contributed by atoms with van der Waals surface area (Å²) in [4.78, 5) is 0. The molecule has 2 nitrogen and oxygen atoms in total. The van der Waals surface area contributed by atoms with Crippen LogP contribution in [0, 0.1) is 0 Å². The second-order valence-electron chi connectivity index (χ2n) is 13.6. The first-order valence-electron chi connectivity index (χ1n) is 29.1. The highest BCUT2D eigenvalue weighted by Gasteiger charge is 2.41. The van der Waals surface area contributed by atoms with Crippen molar-refractivity contribution in [3.05, 3.63) is 218 Å². The molecule has 0 N–H and O–H groups in total. The van der Waals surface area contributed by atoms with E-state index >= 15 is 0 Å². The molecular formula is C54H36N2SSi. The second kappa shape index (κ2) is 13.0. The minimum Gasteiger partial charge on any atom is -0.309 e. The van der Waals surface area contributed by atoms with Crippen LogP contribution in [0.1, 0.15) is 30.2 Å². The molecule has 9 aromatic carbocycles. The van der Waals surface area contributed by atoms with E-state index in [0.29, 0.717) is 36.5 Å². The van der Waals surface area contributed by atoms with Crippen molar-refractivity contribution >= 4 is 104 Å². The Morgan fingerprint density at radius 1 is 0.431 bits per heavy atom. The Kier molecular flexibility index (Phi) is 4.06. The van der Waals surface area contributed by atoms with E-state index in [0.717, 1.165) is 0 Å². The van der Waals surface area contributed by atoms with Crippen molar-refractivity contribution in [2.75, 3.05) is 0 Å². The van der Waals surface area contributed by atoms with E-state index < -0.39 is 157 Å². The van der Waals surface area contributed by atoms with E-state index in [9.17, 15) is 13.7 Å². The van der Waals surface area contributed by atoms with Crippen LogP contribution in [-0.2, 0) is 0 Å². The Morgan fingerprint density at radius 2 is 1.02 bits per heavy atom. The van der Waals surface area contributed by atoms with Crippen molar-refractivity contribution in [1.82, 2.24) is 9.13 Å². The average molecular weight is 795 g/mol. The number of thiophene rings is 1. The van der Waals surface area contributed by atoms with Crippen LogP contribution in [-0.4, -0.2) is 17.2 Å². The van der Waals surface area contributed by atoms with Crippen molar-refractivity contribution in [3.8, 4) is 11.4 Å². The Morgan fingerprint density at radius 3 is 1.72 bits per heavy atom. The first kappa shape index (κ1) is 18.1. The molecular weight excluding hydrogens is 737 g/mol. The SMILES string of the molecule is [2H]c1c([2H])c([2H])c([Si](c2ccccc2)(c2c([2H])c([2H])c([2H])c([2H])c2[2H])c2c([2H])c([2H])c([2H])c(-n3c4ccccc4c4cc(-n5c6c([2H])c([2H])c([2H])c([2H])c6c6c([2H])c([2H])c([2H])c([2H])c65)c5sc6ccccc6c5c43)c2[2H])c([2H])c1[2H]. The lowest BCUT2D eigenvalue weighted by molar-refractivity contribution is 1.18. The van der Waals surface area contributed by atoms with Gasteiger partial charge >= 0.3 is 0 Å². The van der Waals surface area contributed by atoms with Gasteiger partial charge in [-0.2, -0.15) is 0 Å². The summed E-state index contributed by atoms with van der Waals surface area (Å²) < 4.78 is 208. The summed E-state index contributed by atoms with van der Waals surface area (Å²) in [5.74, 6) is 0. The van der Waals surface area contributed by atoms with Gasteiger partial charge in [0.2, 0.25) is 0 Å². The van der Waals surface area contributed by atoms with Crippen LogP contribution in [0.5, 0.6) is 0 Å². The lowest BCUT2D eigenvalue weighted by Gasteiger charge is -2.34. The van der Waals surface area contributed by atoms with Gasteiger partial charge in [-0.25, -0.2) is 0 Å². The molecule has 0 aliphatic carbocycles. The third-order valence-corrected chi connectivity index (χ3v) is 16.1. The highest BCUT2D eigenvalue weighted by Crippen LogP contribution is 2.47. The van der Waals surface area contributed by atoms with Crippen LogP contribution in [0.25, 0.3) is 75.2 Å². The van der Waals surface area contributed by atoms with Gasteiger partial charge < -0.3 is 9.13 Å². The highest BCUT2D eigenvalue weighted by molar-refractivity contribution is 7.26. The average Bonchev–Trinajstić information content (AvgIpc) is 4.15. The van der Waals surface area contributed by atoms with E-state index in [1.165, 1.54) is 40.2 Å². The van der Waals surface area contributed by atoms with Crippen molar-refractivity contribution < 1.29 is 30.2 Å². The van der Waals surface area contributed by atoms with Crippen LogP contribution in [0.2, 0.25) is 0 Å². The Bertz CT molecular complexity index is 4610. The molecule has 0 spiro atoms. The lowest BCUT2D eigenvalue weighted by atomic mass is 10.1. The van der Waals surface area contributed by atoms with E-state index in [2.05, 4.69) is 0 Å². The van der Waals surface area contributed by atoms with E-state index in [1.54, 1.807) is 53.1 Å². The van der Waals surface area contributed by atoms with Crippen LogP contribution >= 0.6 is 11.3 Å². The Hall–Kier alpha value is -6.98. The largest absolute Gasteiger partial charge is 0.309 e. The van der Waals surface area contributed by atoms with E-state index in [1.807, 2.05) is 12.1 Å². The zero-order valence-electron chi connectivity index (χ0n) is 51.9. The first-order valence-corrected chi connectivity index (χ1v) is 21.0. The smallest absolute Gasteiger partial charge is 0.179 e. The third-order valence-electron chi connectivity index (χ3n) is 10.7. The molecule has 58 heavy (non-hydrogen) atoms. The quantitative estimate of drug-likeness (QED) is 0.117. The molecule has 3 heterocycles. The van der Waals surface area contributed by atoms with Gasteiger partial charge in [0.1, 0.15) is 0 Å². The zero-order chi connectivity index (χ0) is 57.4. The number of nitrogens with zero attached hydrogens (tertiary/aromatic N) is 2. The van der Waals surface area contributed by atoms with Crippen LogP contribution in [0.3, 0.4) is 0 Å². The third kappa shape index (κ3) is 4.70. The number of hydrogen-bond donors (Lipinski definition) is 0. The topological polar surface area (TPSA) is 9.86 Å². The number of hydrogen-bond acceptors (Lipinski definition) is 1. The maximum absolute atomic E-state index is 10.7. The predicted octanol–water partition coefficient (Wildman–Crippen LogP) is 11.6. The van der Waals surface area contributed by atoms with Crippen molar-refractivity contribution in [2.45, 2.75) is 0 Å². The molecule has 12 rings (SSSR count). The molecule has 0 aliphatic rings. The van der Waals surface area contributed by atoms with E-state index in [4.69, 9.17) is 16.4 Å². The lowest BCUT2D eigenvalue weighted by Crippen LogP contribution is -2.74. The Labute approximate surface area is 372 Å². The summed E-state index contributed by atoms with van der Waals surface area (Å²) in [6.07, 6.45) is 0. The molecule has 272 valence electrons. The number of benzene rings is 9. The molecule has 0 fully saturated rings. The molecule has 0 saturated carbocycles. The minimum atomic E-state index is -5.40. The van der Waals surface area contributed by atoms with Crippen molar-refractivity contribution in [3.63, 3.8) is 0 Å². The fraction of sp³-hybridized carbons (Fsp3) is 0. The summed E-state index contributed by atoms with van der Waals surface area (Å²) in [6, 6.07) is 7.09. The van der Waals surface area contributed by atoms with Gasteiger partial charge in [0.15, 0.2) is 8.07 Å². The maximum Gasteiger partial charge on any atom is 0.179 e. The summed E-state index contributed by atoms with van der Waals surface area (Å²) in [5, 5.41) is -0.149. The van der Waals surface area contributed by atoms with Gasteiger partial charge in [0.25, 0.3) is 0 Å². The van der Waals surface area contributed by atoms with Gasteiger partial charge in [0.05, 0.1) is 62.6 Å². The number of para-hydroxylation sites is 3. The molecule has 0 aliphatic heterocycles. The number of fused-ring (bicyclic) bond motifs is 10.